The van der Waals surface area contributed by atoms with E-state index in [1.54, 1.807) is 4.90 Å². The van der Waals surface area contributed by atoms with Crippen molar-refractivity contribution >= 4 is 12.4 Å². The first-order chi connectivity index (χ1) is 7.93. The number of hydrogen-bond donors (Lipinski definition) is 2. The summed E-state index contributed by atoms with van der Waals surface area (Å²) in [5.41, 5.74) is 0. The molecule has 110 valence electrons. The lowest BCUT2D eigenvalue weighted by molar-refractivity contribution is -0.208. The average molecular weight is 291 g/mol. The van der Waals surface area contributed by atoms with Gasteiger partial charge in [0.15, 0.2) is 6.10 Å². The minimum absolute atomic E-state index is 0. The molecule has 0 amide bonds. The second kappa shape index (κ2) is 8.19. The molecule has 0 radical (unpaired) electrons. The molecule has 0 aliphatic carbocycles. The van der Waals surface area contributed by atoms with Gasteiger partial charge in [0.25, 0.3) is 0 Å². The fourth-order valence-corrected chi connectivity index (χ4v) is 2.11. The van der Waals surface area contributed by atoms with Gasteiger partial charge in [0.05, 0.1) is 0 Å². The van der Waals surface area contributed by atoms with Crippen molar-refractivity contribution in [3.8, 4) is 0 Å². The molecule has 18 heavy (non-hydrogen) atoms. The van der Waals surface area contributed by atoms with Gasteiger partial charge in [-0.1, -0.05) is 6.92 Å². The zero-order chi connectivity index (χ0) is 12.9. The lowest BCUT2D eigenvalue weighted by Gasteiger charge is -2.30. The molecule has 1 aliphatic heterocycles. The summed E-state index contributed by atoms with van der Waals surface area (Å²) in [4.78, 5) is 1.69. The van der Waals surface area contributed by atoms with E-state index < -0.39 is 12.3 Å². The fraction of sp³-hybridized carbons (Fsp3) is 1.00. The lowest BCUT2D eigenvalue weighted by Crippen LogP contribution is -2.44. The van der Waals surface area contributed by atoms with Crippen LogP contribution in [0.15, 0.2) is 0 Å². The van der Waals surface area contributed by atoms with Crippen LogP contribution in [0.5, 0.6) is 0 Å². The molecular weight excluding hydrogens is 269 g/mol. The van der Waals surface area contributed by atoms with E-state index in [4.69, 9.17) is 5.11 Å². The van der Waals surface area contributed by atoms with Crippen LogP contribution in [0.2, 0.25) is 0 Å². The van der Waals surface area contributed by atoms with E-state index in [0.717, 1.165) is 25.9 Å². The van der Waals surface area contributed by atoms with Crippen LogP contribution in [0.3, 0.4) is 0 Å². The van der Waals surface area contributed by atoms with Gasteiger partial charge in [-0.05, 0) is 38.4 Å². The van der Waals surface area contributed by atoms with Crippen LogP contribution < -0.4 is 5.32 Å². The lowest BCUT2D eigenvalue weighted by atomic mass is 9.97. The third-order valence-corrected chi connectivity index (χ3v) is 3.23. The Morgan fingerprint density at radius 1 is 1.33 bits per heavy atom. The molecule has 0 aromatic heterocycles. The van der Waals surface area contributed by atoms with Crippen molar-refractivity contribution in [1.82, 2.24) is 10.2 Å². The van der Waals surface area contributed by atoms with E-state index in [-0.39, 0.29) is 19.0 Å². The molecule has 1 unspecified atom stereocenters. The molecule has 7 heteroatoms. The summed E-state index contributed by atoms with van der Waals surface area (Å²) in [6.07, 6.45) is -4.75. The molecule has 1 atom stereocenters. The van der Waals surface area contributed by atoms with E-state index in [1.165, 1.54) is 0 Å². The highest BCUT2D eigenvalue weighted by atomic mass is 35.5. The minimum Gasteiger partial charge on any atom is -0.382 e. The number of aliphatic hydroxyl groups excluding tert-OH is 1. The highest BCUT2D eigenvalue weighted by Gasteiger charge is 2.39. The molecule has 1 rings (SSSR count). The Bertz CT molecular complexity index is 223. The topological polar surface area (TPSA) is 35.5 Å². The molecule has 0 saturated carbocycles. The monoisotopic (exact) mass is 290 g/mol. The maximum Gasteiger partial charge on any atom is 0.415 e. The average Bonchev–Trinajstić information content (AvgIpc) is 2.28. The SMILES string of the molecule is CCN(CC1CCNCC1)CC(O)C(F)(F)F.Cl. The zero-order valence-corrected chi connectivity index (χ0v) is 11.4. The van der Waals surface area contributed by atoms with E-state index in [9.17, 15) is 13.2 Å². The maximum absolute atomic E-state index is 12.2. The molecule has 1 saturated heterocycles. The number of nitrogens with one attached hydrogen (secondary N) is 1. The third-order valence-electron chi connectivity index (χ3n) is 3.23. The summed E-state index contributed by atoms with van der Waals surface area (Å²) in [6, 6.07) is 0. The number of likely N-dealkylation sites (N-methyl/N-ethyl adjacent to an activating group) is 1. The third kappa shape index (κ3) is 6.22. The summed E-state index contributed by atoms with van der Waals surface area (Å²) in [5, 5.41) is 12.3. The van der Waals surface area contributed by atoms with Crippen molar-refractivity contribution in [2.24, 2.45) is 5.92 Å². The predicted octanol–water partition coefficient (Wildman–Crippen LogP) is 1.65. The second-order valence-electron chi connectivity index (χ2n) is 4.60. The van der Waals surface area contributed by atoms with E-state index in [1.807, 2.05) is 6.92 Å². The summed E-state index contributed by atoms with van der Waals surface area (Å²) >= 11 is 0. The van der Waals surface area contributed by atoms with E-state index in [2.05, 4.69) is 5.32 Å². The summed E-state index contributed by atoms with van der Waals surface area (Å²) in [5.74, 6) is 0.441. The fourth-order valence-electron chi connectivity index (χ4n) is 2.11. The van der Waals surface area contributed by atoms with Crippen molar-refractivity contribution in [1.29, 1.82) is 0 Å². The Kier molecular flexibility index (Phi) is 8.18. The van der Waals surface area contributed by atoms with E-state index >= 15 is 0 Å². The summed E-state index contributed by atoms with van der Waals surface area (Å²) < 4.78 is 36.7. The van der Waals surface area contributed by atoms with Gasteiger partial charge >= 0.3 is 6.18 Å². The van der Waals surface area contributed by atoms with Crippen LogP contribution in [0, 0.1) is 5.92 Å². The Balaban J connectivity index is 0.00000289. The van der Waals surface area contributed by atoms with Crippen LogP contribution in [0.1, 0.15) is 19.8 Å². The van der Waals surface area contributed by atoms with Crippen molar-refractivity contribution in [3.63, 3.8) is 0 Å². The van der Waals surface area contributed by atoms with Gasteiger partial charge in [0, 0.05) is 13.1 Å². The van der Waals surface area contributed by atoms with Gasteiger partial charge < -0.3 is 15.3 Å². The van der Waals surface area contributed by atoms with Crippen LogP contribution in [0.4, 0.5) is 13.2 Å². The Hall–Kier alpha value is -0.0400. The molecule has 1 fully saturated rings. The standard InChI is InChI=1S/C11H21F3N2O.ClH/c1-2-16(8-10(17)11(12,13)14)7-9-3-5-15-6-4-9;/h9-10,15,17H,2-8H2,1H3;1H. The number of nitrogens with zero attached hydrogens (tertiary/aromatic N) is 1. The Labute approximate surface area is 112 Å². The van der Waals surface area contributed by atoms with Crippen LogP contribution >= 0.6 is 12.4 Å². The zero-order valence-electron chi connectivity index (χ0n) is 10.5. The molecule has 0 bridgehead atoms. The molecular formula is C11H22ClF3N2O. The molecule has 0 aromatic rings. The number of rotatable bonds is 5. The smallest absolute Gasteiger partial charge is 0.382 e. The predicted molar refractivity (Wildman–Crippen MR) is 67.0 cm³/mol. The molecule has 0 aromatic carbocycles. The van der Waals surface area contributed by atoms with Gasteiger partial charge in [0.2, 0.25) is 0 Å². The second-order valence-corrected chi connectivity index (χ2v) is 4.60. The van der Waals surface area contributed by atoms with Crippen LogP contribution in [-0.2, 0) is 0 Å². The number of hydrogen-bond acceptors (Lipinski definition) is 3. The first-order valence-corrected chi connectivity index (χ1v) is 6.11. The number of aliphatic hydroxyl groups is 1. The minimum atomic E-state index is -4.51. The van der Waals surface area contributed by atoms with Crippen LogP contribution in [0.25, 0.3) is 0 Å². The molecule has 1 heterocycles. The van der Waals surface area contributed by atoms with Gasteiger partial charge in [0.1, 0.15) is 0 Å². The van der Waals surface area contributed by atoms with Crippen molar-refractivity contribution in [3.05, 3.63) is 0 Å². The van der Waals surface area contributed by atoms with Gasteiger partial charge in [-0.25, -0.2) is 0 Å². The molecule has 3 nitrogen and oxygen atoms in total. The quantitative estimate of drug-likeness (QED) is 0.808. The number of piperidine rings is 1. The van der Waals surface area contributed by atoms with Gasteiger partial charge in [-0.2, -0.15) is 13.2 Å². The first-order valence-electron chi connectivity index (χ1n) is 6.11. The molecule has 2 N–H and O–H groups in total. The summed E-state index contributed by atoms with van der Waals surface area (Å²) in [6.45, 7) is 4.56. The Morgan fingerprint density at radius 3 is 2.33 bits per heavy atom. The van der Waals surface area contributed by atoms with Gasteiger partial charge in [-0.3, -0.25) is 0 Å². The largest absolute Gasteiger partial charge is 0.415 e. The normalized spacial score (nSPS) is 19.7. The highest BCUT2D eigenvalue weighted by Crippen LogP contribution is 2.21. The maximum atomic E-state index is 12.2. The van der Waals surface area contributed by atoms with E-state index in [0.29, 0.717) is 19.0 Å². The summed E-state index contributed by atoms with van der Waals surface area (Å²) in [7, 11) is 0. The van der Waals surface area contributed by atoms with Crippen molar-refractivity contribution in [2.75, 3.05) is 32.7 Å². The molecule has 0 spiro atoms. The van der Waals surface area contributed by atoms with Crippen molar-refractivity contribution < 1.29 is 18.3 Å². The number of alkyl halides is 3. The van der Waals surface area contributed by atoms with Gasteiger partial charge in [-0.15, -0.1) is 12.4 Å². The molecule has 1 aliphatic rings. The van der Waals surface area contributed by atoms with Crippen LogP contribution in [-0.4, -0.2) is 55.0 Å². The highest BCUT2D eigenvalue weighted by molar-refractivity contribution is 5.85. The van der Waals surface area contributed by atoms with Crippen molar-refractivity contribution in [2.45, 2.75) is 32.0 Å². The number of halogens is 4. The Morgan fingerprint density at radius 2 is 1.89 bits per heavy atom. The first kappa shape index (κ1) is 18.0.